The molecule has 0 aliphatic carbocycles. The van der Waals surface area contributed by atoms with Gasteiger partial charge in [-0.15, -0.1) is 11.3 Å². The number of anilines is 1. The number of amides is 1. The predicted octanol–water partition coefficient (Wildman–Crippen LogP) is 4.44. The fourth-order valence-corrected chi connectivity index (χ4v) is 4.43. The molecule has 8 heteroatoms. The van der Waals surface area contributed by atoms with Crippen LogP contribution >= 0.6 is 11.3 Å². The van der Waals surface area contributed by atoms with Gasteiger partial charge in [0.15, 0.2) is 0 Å². The Balaban J connectivity index is 1.55. The number of benzene rings is 2. The number of rotatable bonds is 10. The molecular weight excluding hydrogens is 432 g/mol. The largest absolute Gasteiger partial charge is 0.493 e. The van der Waals surface area contributed by atoms with Crippen molar-refractivity contribution in [3.8, 4) is 5.75 Å². The van der Waals surface area contributed by atoms with Crippen LogP contribution < -0.4 is 14.8 Å². The summed E-state index contributed by atoms with van der Waals surface area (Å²) < 4.78 is 33.4. The number of thiophene rings is 1. The number of hydrogen-bond acceptors (Lipinski definition) is 5. The van der Waals surface area contributed by atoms with E-state index in [-0.39, 0.29) is 17.2 Å². The van der Waals surface area contributed by atoms with Crippen molar-refractivity contribution in [2.75, 3.05) is 11.3 Å². The Bertz CT molecular complexity index is 1080. The van der Waals surface area contributed by atoms with Crippen molar-refractivity contribution in [2.45, 2.75) is 31.7 Å². The van der Waals surface area contributed by atoms with Gasteiger partial charge in [0.1, 0.15) is 5.75 Å². The summed E-state index contributed by atoms with van der Waals surface area (Å²) >= 11 is 1.59. The number of ether oxygens (including phenoxy) is 1. The van der Waals surface area contributed by atoms with Gasteiger partial charge in [0.2, 0.25) is 5.91 Å². The van der Waals surface area contributed by atoms with Gasteiger partial charge >= 0.3 is 0 Å². The fraction of sp³-hybridized carbons (Fsp3) is 0.261. The first-order chi connectivity index (χ1) is 14.8. The molecular formula is C23H26N2O4S2. The predicted molar refractivity (Wildman–Crippen MR) is 124 cm³/mol. The van der Waals surface area contributed by atoms with Crippen LogP contribution in [0.15, 0.2) is 70.9 Å². The first kappa shape index (κ1) is 22.8. The van der Waals surface area contributed by atoms with E-state index >= 15 is 0 Å². The molecule has 0 aliphatic rings. The van der Waals surface area contributed by atoms with Gasteiger partial charge in [0.05, 0.1) is 24.5 Å². The Morgan fingerprint density at radius 3 is 2.35 bits per heavy atom. The number of sulfonamides is 1. The Hall–Kier alpha value is -2.84. The summed E-state index contributed by atoms with van der Waals surface area (Å²) in [5.74, 6) is 0.941. The molecule has 0 bridgehead atoms. The summed E-state index contributed by atoms with van der Waals surface area (Å²) in [5.41, 5.74) is 1.24. The molecule has 0 atom stereocenters. The highest BCUT2D eigenvalue weighted by Gasteiger charge is 2.14. The zero-order valence-corrected chi connectivity index (χ0v) is 19.1. The van der Waals surface area contributed by atoms with Gasteiger partial charge in [-0.1, -0.05) is 32.0 Å². The third-order valence-electron chi connectivity index (χ3n) is 4.33. The number of carbonyl (C=O) groups excluding carboxylic acids is 1. The van der Waals surface area contributed by atoms with Gasteiger partial charge in [-0.3, -0.25) is 9.52 Å². The summed E-state index contributed by atoms with van der Waals surface area (Å²) in [5, 5.41) is 4.85. The van der Waals surface area contributed by atoms with Crippen molar-refractivity contribution in [3.05, 3.63) is 76.5 Å². The van der Waals surface area contributed by atoms with Crippen molar-refractivity contribution in [1.29, 1.82) is 0 Å². The molecule has 0 saturated carbocycles. The lowest BCUT2D eigenvalue weighted by Gasteiger charge is -2.11. The van der Waals surface area contributed by atoms with E-state index in [0.29, 0.717) is 30.5 Å². The summed E-state index contributed by atoms with van der Waals surface area (Å²) in [6.45, 7) is 5.18. The van der Waals surface area contributed by atoms with E-state index in [1.54, 1.807) is 47.7 Å². The average Bonchev–Trinajstić information content (AvgIpc) is 3.26. The van der Waals surface area contributed by atoms with Crippen molar-refractivity contribution < 1.29 is 17.9 Å². The Morgan fingerprint density at radius 2 is 1.74 bits per heavy atom. The molecule has 6 nitrogen and oxygen atoms in total. The van der Waals surface area contributed by atoms with E-state index in [2.05, 4.69) is 10.0 Å². The lowest BCUT2D eigenvalue weighted by atomic mass is 10.1. The molecule has 2 aromatic carbocycles. The number of carbonyl (C=O) groups is 1. The molecule has 1 aromatic heterocycles. The maximum atomic E-state index is 12.6. The molecule has 1 amide bonds. The van der Waals surface area contributed by atoms with Gasteiger partial charge in [0, 0.05) is 10.6 Å². The summed E-state index contributed by atoms with van der Waals surface area (Å²) in [7, 11) is -3.71. The highest BCUT2D eigenvalue weighted by molar-refractivity contribution is 7.92. The van der Waals surface area contributed by atoms with Gasteiger partial charge < -0.3 is 10.1 Å². The Morgan fingerprint density at radius 1 is 1.03 bits per heavy atom. The van der Waals surface area contributed by atoms with E-state index in [1.165, 1.54) is 12.1 Å². The monoisotopic (exact) mass is 458 g/mol. The van der Waals surface area contributed by atoms with Crippen LogP contribution in [0.2, 0.25) is 0 Å². The second-order valence-electron chi connectivity index (χ2n) is 7.51. The van der Waals surface area contributed by atoms with E-state index in [0.717, 1.165) is 10.4 Å². The zero-order valence-electron chi connectivity index (χ0n) is 17.5. The minimum absolute atomic E-state index is 0.0819. The van der Waals surface area contributed by atoms with Crippen LogP contribution in [0.4, 0.5) is 5.69 Å². The number of nitrogens with one attached hydrogen (secondary N) is 2. The second kappa shape index (κ2) is 10.5. The molecule has 0 fully saturated rings. The van der Waals surface area contributed by atoms with E-state index in [9.17, 15) is 13.2 Å². The quantitative estimate of drug-likeness (QED) is 0.470. The molecule has 0 unspecified atom stereocenters. The van der Waals surface area contributed by atoms with Gasteiger partial charge in [0.25, 0.3) is 10.0 Å². The Kier molecular flexibility index (Phi) is 7.70. The van der Waals surface area contributed by atoms with Crippen LogP contribution in [0.3, 0.4) is 0 Å². The maximum Gasteiger partial charge on any atom is 0.261 e. The summed E-state index contributed by atoms with van der Waals surface area (Å²) in [4.78, 5) is 13.3. The van der Waals surface area contributed by atoms with Gasteiger partial charge in [-0.25, -0.2) is 8.42 Å². The second-order valence-corrected chi connectivity index (χ2v) is 10.2. The van der Waals surface area contributed by atoms with Crippen LogP contribution in [-0.4, -0.2) is 20.9 Å². The minimum Gasteiger partial charge on any atom is -0.493 e. The van der Waals surface area contributed by atoms with Crippen molar-refractivity contribution in [2.24, 2.45) is 5.92 Å². The summed E-state index contributed by atoms with van der Waals surface area (Å²) in [6.07, 6.45) is 0.232. The fourth-order valence-electron chi connectivity index (χ4n) is 2.73. The minimum atomic E-state index is -3.71. The molecule has 0 spiro atoms. The van der Waals surface area contributed by atoms with Crippen molar-refractivity contribution in [1.82, 2.24) is 5.32 Å². The summed E-state index contributed by atoms with van der Waals surface area (Å²) in [6, 6.07) is 17.0. The molecule has 1 heterocycles. The van der Waals surface area contributed by atoms with Crippen LogP contribution in [0.25, 0.3) is 0 Å². The Labute approximate surface area is 187 Å². The van der Waals surface area contributed by atoms with E-state index in [4.69, 9.17) is 4.74 Å². The third-order valence-corrected chi connectivity index (χ3v) is 6.60. The van der Waals surface area contributed by atoms with Crippen LogP contribution in [-0.2, 0) is 27.8 Å². The van der Waals surface area contributed by atoms with Crippen LogP contribution in [0.1, 0.15) is 24.3 Å². The molecule has 3 rings (SSSR count). The van der Waals surface area contributed by atoms with E-state index in [1.807, 2.05) is 31.4 Å². The molecule has 0 radical (unpaired) electrons. The first-order valence-electron chi connectivity index (χ1n) is 9.95. The third kappa shape index (κ3) is 7.11. The highest BCUT2D eigenvalue weighted by atomic mass is 32.2. The first-order valence-corrected chi connectivity index (χ1v) is 12.3. The lowest BCUT2D eigenvalue weighted by Crippen LogP contribution is -2.24. The van der Waals surface area contributed by atoms with Gasteiger partial charge in [-0.2, -0.15) is 0 Å². The smallest absolute Gasteiger partial charge is 0.261 e. The van der Waals surface area contributed by atoms with E-state index < -0.39 is 10.0 Å². The molecule has 31 heavy (non-hydrogen) atoms. The SMILES string of the molecule is CC(C)COc1ccc(S(=O)(=O)Nc2ccc(CC(=O)NCc3cccs3)cc2)cc1. The van der Waals surface area contributed by atoms with Crippen LogP contribution in [0.5, 0.6) is 5.75 Å². The molecule has 0 aliphatic heterocycles. The average molecular weight is 459 g/mol. The molecule has 0 saturated heterocycles. The van der Waals surface area contributed by atoms with Gasteiger partial charge in [-0.05, 0) is 59.3 Å². The number of hydrogen-bond donors (Lipinski definition) is 2. The highest BCUT2D eigenvalue weighted by Crippen LogP contribution is 2.20. The standard InChI is InChI=1S/C23H26N2O4S2/c1-17(2)16-29-20-9-11-22(12-10-20)31(27,28)25-19-7-5-18(6-8-19)14-23(26)24-15-21-4-3-13-30-21/h3-13,17,25H,14-16H2,1-2H3,(H,24,26). The molecule has 164 valence electrons. The maximum absolute atomic E-state index is 12.6. The topological polar surface area (TPSA) is 84.5 Å². The molecule has 3 aromatic rings. The van der Waals surface area contributed by atoms with Crippen molar-refractivity contribution >= 4 is 33.0 Å². The van der Waals surface area contributed by atoms with Crippen LogP contribution in [0, 0.1) is 5.92 Å². The molecule has 2 N–H and O–H groups in total. The lowest BCUT2D eigenvalue weighted by molar-refractivity contribution is -0.120. The normalized spacial score (nSPS) is 11.3. The van der Waals surface area contributed by atoms with Crippen molar-refractivity contribution in [3.63, 3.8) is 0 Å². The zero-order chi connectivity index (χ0) is 22.3.